The summed E-state index contributed by atoms with van der Waals surface area (Å²) in [6, 6.07) is 8.18. The van der Waals surface area contributed by atoms with Crippen LogP contribution in [-0.4, -0.2) is 24.0 Å². The van der Waals surface area contributed by atoms with Crippen LogP contribution in [0.25, 0.3) is 11.0 Å². The number of benzene rings is 1. The van der Waals surface area contributed by atoms with Crippen LogP contribution in [0.5, 0.6) is 0 Å². The van der Waals surface area contributed by atoms with Crippen molar-refractivity contribution in [2.75, 3.05) is 13.6 Å². The third kappa shape index (κ3) is 4.08. The molecule has 3 heteroatoms. The molecule has 0 amide bonds. The van der Waals surface area contributed by atoms with Gasteiger partial charge in [0.05, 0.1) is 6.26 Å². The lowest BCUT2D eigenvalue weighted by Crippen LogP contribution is -2.33. The first kappa shape index (κ1) is 14.1. The van der Waals surface area contributed by atoms with Crippen LogP contribution >= 0.6 is 0 Å². The van der Waals surface area contributed by atoms with Crippen molar-refractivity contribution in [3.63, 3.8) is 0 Å². The van der Waals surface area contributed by atoms with Gasteiger partial charge in [0.25, 0.3) is 0 Å². The third-order valence-corrected chi connectivity index (χ3v) is 3.36. The zero-order chi connectivity index (χ0) is 13.9. The molecular formula is C16H24N2O. The number of nitrogens with zero attached hydrogens (tertiary/aromatic N) is 1. The molecule has 0 aliphatic rings. The van der Waals surface area contributed by atoms with E-state index in [1.54, 1.807) is 0 Å². The summed E-state index contributed by atoms with van der Waals surface area (Å²) >= 11 is 0. The minimum atomic E-state index is -0.0663. The van der Waals surface area contributed by atoms with Gasteiger partial charge in [-0.25, -0.2) is 0 Å². The van der Waals surface area contributed by atoms with Gasteiger partial charge >= 0.3 is 0 Å². The van der Waals surface area contributed by atoms with E-state index >= 15 is 0 Å². The number of nitrogens with two attached hydrogens (primary N) is 1. The van der Waals surface area contributed by atoms with Gasteiger partial charge in [-0.05, 0) is 46.3 Å². The molecule has 2 N–H and O–H groups in total. The van der Waals surface area contributed by atoms with E-state index in [9.17, 15) is 0 Å². The average Bonchev–Trinajstić information content (AvgIpc) is 2.71. The third-order valence-electron chi connectivity index (χ3n) is 3.36. The fourth-order valence-electron chi connectivity index (χ4n) is 2.33. The second-order valence-corrected chi connectivity index (χ2v) is 6.09. The van der Waals surface area contributed by atoms with Gasteiger partial charge in [-0.3, -0.25) is 0 Å². The number of fused-ring (bicyclic) bond motifs is 1. The highest BCUT2D eigenvalue weighted by atomic mass is 16.3. The van der Waals surface area contributed by atoms with Crippen molar-refractivity contribution in [3.05, 3.63) is 36.1 Å². The first-order valence-electron chi connectivity index (χ1n) is 6.88. The van der Waals surface area contributed by atoms with Gasteiger partial charge in [-0.2, -0.15) is 0 Å². The van der Waals surface area contributed by atoms with E-state index in [1.165, 1.54) is 10.9 Å². The molecule has 3 nitrogen and oxygen atoms in total. The summed E-state index contributed by atoms with van der Waals surface area (Å²) in [7, 11) is 2.14. The number of hydrogen-bond donors (Lipinski definition) is 1. The minimum absolute atomic E-state index is 0.0663. The summed E-state index contributed by atoms with van der Waals surface area (Å²) in [4.78, 5) is 2.32. The maximum atomic E-state index is 6.00. The fraction of sp³-hybridized carbons (Fsp3) is 0.500. The van der Waals surface area contributed by atoms with Crippen molar-refractivity contribution in [2.45, 2.75) is 38.8 Å². The number of para-hydroxylation sites is 1. The summed E-state index contributed by atoms with van der Waals surface area (Å²) in [5.74, 6) is 0. The quantitative estimate of drug-likeness (QED) is 0.865. The maximum Gasteiger partial charge on any atom is 0.134 e. The largest absolute Gasteiger partial charge is 0.464 e. The number of rotatable bonds is 6. The molecule has 0 saturated carbocycles. The van der Waals surface area contributed by atoms with E-state index in [-0.39, 0.29) is 5.54 Å². The van der Waals surface area contributed by atoms with Crippen molar-refractivity contribution >= 4 is 11.0 Å². The molecular weight excluding hydrogens is 236 g/mol. The van der Waals surface area contributed by atoms with E-state index in [1.807, 2.05) is 18.4 Å². The second kappa shape index (κ2) is 5.76. The van der Waals surface area contributed by atoms with Gasteiger partial charge in [-0.1, -0.05) is 18.2 Å². The highest BCUT2D eigenvalue weighted by Gasteiger charge is 2.11. The Balaban J connectivity index is 1.90. The molecule has 1 heterocycles. The smallest absolute Gasteiger partial charge is 0.134 e. The Morgan fingerprint density at radius 3 is 2.74 bits per heavy atom. The van der Waals surface area contributed by atoms with Gasteiger partial charge in [0.2, 0.25) is 0 Å². The van der Waals surface area contributed by atoms with Crippen molar-refractivity contribution in [1.82, 2.24) is 4.90 Å². The lowest BCUT2D eigenvalue weighted by atomic mass is 10.00. The normalized spacial score (nSPS) is 12.5. The Hall–Kier alpha value is -1.32. The molecule has 2 aromatic rings. The summed E-state index contributed by atoms with van der Waals surface area (Å²) < 4.78 is 5.56. The average molecular weight is 260 g/mol. The molecule has 0 unspecified atom stereocenters. The van der Waals surface area contributed by atoms with Crippen molar-refractivity contribution in [3.8, 4) is 0 Å². The number of furan rings is 1. The molecule has 0 radical (unpaired) electrons. The minimum Gasteiger partial charge on any atom is -0.464 e. The maximum absolute atomic E-state index is 6.00. The van der Waals surface area contributed by atoms with Crippen LogP contribution in [-0.2, 0) is 6.54 Å². The van der Waals surface area contributed by atoms with Crippen LogP contribution in [0.1, 0.15) is 32.3 Å². The molecule has 0 aliphatic heterocycles. The summed E-state index contributed by atoms with van der Waals surface area (Å²) in [5.41, 5.74) is 8.15. The van der Waals surface area contributed by atoms with Crippen LogP contribution in [0, 0.1) is 0 Å². The van der Waals surface area contributed by atoms with E-state index in [4.69, 9.17) is 10.2 Å². The molecule has 0 fully saturated rings. The van der Waals surface area contributed by atoms with Crippen molar-refractivity contribution < 1.29 is 4.42 Å². The Labute approximate surface area is 115 Å². The van der Waals surface area contributed by atoms with E-state index in [2.05, 4.69) is 37.9 Å². The molecule has 0 spiro atoms. The lowest BCUT2D eigenvalue weighted by Gasteiger charge is -2.21. The second-order valence-electron chi connectivity index (χ2n) is 6.09. The number of hydrogen-bond acceptors (Lipinski definition) is 3. The van der Waals surface area contributed by atoms with Crippen molar-refractivity contribution in [1.29, 1.82) is 0 Å². The van der Waals surface area contributed by atoms with Crippen LogP contribution in [0.3, 0.4) is 0 Å². The zero-order valence-electron chi connectivity index (χ0n) is 12.1. The van der Waals surface area contributed by atoms with Crippen LogP contribution in [0.15, 0.2) is 34.9 Å². The molecule has 1 aromatic carbocycles. The molecule has 2 rings (SSSR count). The Kier molecular flexibility index (Phi) is 4.27. The molecule has 0 atom stereocenters. The first-order chi connectivity index (χ1) is 8.96. The van der Waals surface area contributed by atoms with E-state index in [0.717, 1.165) is 31.5 Å². The summed E-state index contributed by atoms with van der Waals surface area (Å²) in [5, 5.41) is 1.22. The molecule has 0 bridgehead atoms. The van der Waals surface area contributed by atoms with Gasteiger partial charge in [0.15, 0.2) is 0 Å². The topological polar surface area (TPSA) is 42.4 Å². The lowest BCUT2D eigenvalue weighted by molar-refractivity contribution is 0.303. The predicted octanol–water partition coefficient (Wildman–Crippen LogP) is 3.38. The molecule has 104 valence electrons. The Morgan fingerprint density at radius 2 is 2.00 bits per heavy atom. The van der Waals surface area contributed by atoms with Crippen molar-refractivity contribution in [2.24, 2.45) is 5.73 Å². The highest BCUT2D eigenvalue weighted by molar-refractivity contribution is 5.80. The van der Waals surface area contributed by atoms with Crippen LogP contribution in [0.2, 0.25) is 0 Å². The molecule has 1 aromatic heterocycles. The Morgan fingerprint density at radius 1 is 1.26 bits per heavy atom. The SMILES string of the molecule is CN(CCCC(C)(C)N)Cc1coc2ccccc12. The summed E-state index contributed by atoms with van der Waals surface area (Å²) in [6.07, 6.45) is 4.04. The van der Waals surface area contributed by atoms with Gasteiger partial charge in [0.1, 0.15) is 5.58 Å². The zero-order valence-corrected chi connectivity index (χ0v) is 12.1. The molecule has 0 aliphatic carbocycles. The predicted molar refractivity (Wildman–Crippen MR) is 80.0 cm³/mol. The monoisotopic (exact) mass is 260 g/mol. The van der Waals surface area contributed by atoms with E-state index in [0.29, 0.717) is 0 Å². The molecule has 19 heavy (non-hydrogen) atoms. The van der Waals surface area contributed by atoms with Crippen LogP contribution in [0.4, 0.5) is 0 Å². The highest BCUT2D eigenvalue weighted by Crippen LogP contribution is 2.21. The van der Waals surface area contributed by atoms with Crippen LogP contribution < -0.4 is 5.73 Å². The summed E-state index contributed by atoms with van der Waals surface area (Å²) in [6.45, 7) is 6.13. The van der Waals surface area contributed by atoms with Gasteiger partial charge in [0, 0.05) is 23.0 Å². The van der Waals surface area contributed by atoms with Gasteiger partial charge in [-0.15, -0.1) is 0 Å². The first-order valence-corrected chi connectivity index (χ1v) is 6.88. The van der Waals surface area contributed by atoms with E-state index < -0.39 is 0 Å². The molecule has 0 saturated heterocycles. The Bertz CT molecular complexity index is 525. The van der Waals surface area contributed by atoms with Gasteiger partial charge < -0.3 is 15.1 Å². The fourth-order valence-corrected chi connectivity index (χ4v) is 2.33. The standard InChI is InChI=1S/C16H24N2O/c1-16(2,17)9-6-10-18(3)11-13-12-19-15-8-5-4-7-14(13)15/h4-5,7-8,12H,6,9-11,17H2,1-3H3.